The number of esters is 1. The molecular formula is C16H28FN3O2. The SMILES string of the molecule is CN=C1CCC(C2CC(C(=O)OC)CCC2F)N(C)C1NC. The maximum Gasteiger partial charge on any atom is 0.308 e. The summed E-state index contributed by atoms with van der Waals surface area (Å²) in [6, 6.07) is 0.130. The quantitative estimate of drug-likeness (QED) is 0.805. The van der Waals surface area contributed by atoms with Crippen LogP contribution in [-0.2, 0) is 9.53 Å². The maximum absolute atomic E-state index is 14.5. The first-order valence-electron chi connectivity index (χ1n) is 8.10. The molecule has 6 heteroatoms. The Kier molecular flexibility index (Phi) is 5.92. The van der Waals surface area contributed by atoms with Gasteiger partial charge in [-0.15, -0.1) is 0 Å². The number of carbonyl (C=O) groups is 1. The second-order valence-corrected chi connectivity index (χ2v) is 6.39. The van der Waals surface area contributed by atoms with Crippen LogP contribution in [-0.4, -0.2) is 63.2 Å². The van der Waals surface area contributed by atoms with Gasteiger partial charge in [0.2, 0.25) is 0 Å². The van der Waals surface area contributed by atoms with Gasteiger partial charge in [0.25, 0.3) is 0 Å². The molecule has 0 bridgehead atoms. The molecule has 1 aliphatic carbocycles. The van der Waals surface area contributed by atoms with Crippen LogP contribution in [0.4, 0.5) is 4.39 Å². The van der Waals surface area contributed by atoms with Crippen molar-refractivity contribution in [2.45, 2.75) is 50.5 Å². The van der Waals surface area contributed by atoms with Gasteiger partial charge in [0.15, 0.2) is 0 Å². The van der Waals surface area contributed by atoms with Crippen molar-refractivity contribution in [1.82, 2.24) is 10.2 Å². The number of nitrogens with zero attached hydrogens (tertiary/aromatic N) is 2. The third-order valence-corrected chi connectivity index (χ3v) is 5.34. The monoisotopic (exact) mass is 313 g/mol. The lowest BCUT2D eigenvalue weighted by atomic mass is 9.73. The molecule has 0 radical (unpaired) electrons. The van der Waals surface area contributed by atoms with Crippen LogP contribution in [0.5, 0.6) is 0 Å². The summed E-state index contributed by atoms with van der Waals surface area (Å²) in [6.07, 6.45) is 2.60. The number of alkyl halides is 1. The summed E-state index contributed by atoms with van der Waals surface area (Å²) in [5.41, 5.74) is 1.11. The molecule has 5 atom stereocenters. The molecule has 0 spiro atoms. The molecule has 2 fully saturated rings. The van der Waals surface area contributed by atoms with E-state index in [-0.39, 0.29) is 30.0 Å². The normalized spacial score (nSPS) is 39.0. The first kappa shape index (κ1) is 17.3. The van der Waals surface area contributed by atoms with Crippen LogP contribution in [0.15, 0.2) is 4.99 Å². The van der Waals surface area contributed by atoms with Gasteiger partial charge >= 0.3 is 5.97 Å². The van der Waals surface area contributed by atoms with Crippen molar-refractivity contribution in [3.05, 3.63) is 0 Å². The first-order valence-corrected chi connectivity index (χ1v) is 8.10. The average molecular weight is 313 g/mol. The fraction of sp³-hybridized carbons (Fsp3) is 0.875. The maximum atomic E-state index is 14.5. The molecule has 5 unspecified atom stereocenters. The van der Waals surface area contributed by atoms with Crippen molar-refractivity contribution >= 4 is 11.7 Å². The highest BCUT2D eigenvalue weighted by Gasteiger charge is 2.43. The number of methoxy groups -OCH3 is 1. The van der Waals surface area contributed by atoms with Gasteiger partial charge in [-0.1, -0.05) is 0 Å². The number of likely N-dealkylation sites (tertiary alicyclic amines) is 1. The second kappa shape index (κ2) is 7.51. The van der Waals surface area contributed by atoms with E-state index in [9.17, 15) is 9.18 Å². The predicted octanol–water partition coefficient (Wildman–Crippen LogP) is 1.62. The summed E-state index contributed by atoms with van der Waals surface area (Å²) >= 11 is 0. The van der Waals surface area contributed by atoms with Crippen LogP contribution in [0, 0.1) is 11.8 Å². The molecule has 1 saturated heterocycles. The number of halogens is 1. The Morgan fingerprint density at radius 2 is 2.14 bits per heavy atom. The summed E-state index contributed by atoms with van der Waals surface area (Å²) in [5.74, 6) is -0.474. The third kappa shape index (κ3) is 3.33. The van der Waals surface area contributed by atoms with Gasteiger partial charge in [-0.2, -0.15) is 0 Å². The summed E-state index contributed by atoms with van der Waals surface area (Å²) in [6.45, 7) is 0. The average Bonchev–Trinajstić information content (AvgIpc) is 2.54. The molecule has 0 amide bonds. The first-order chi connectivity index (χ1) is 10.5. The van der Waals surface area contributed by atoms with E-state index < -0.39 is 6.17 Å². The molecule has 2 aliphatic rings. The Labute approximate surface area is 132 Å². The van der Waals surface area contributed by atoms with Crippen LogP contribution in [0.3, 0.4) is 0 Å². The lowest BCUT2D eigenvalue weighted by Gasteiger charge is -2.46. The van der Waals surface area contributed by atoms with E-state index in [2.05, 4.69) is 15.2 Å². The van der Waals surface area contributed by atoms with Gasteiger partial charge in [-0.05, 0) is 46.2 Å². The van der Waals surface area contributed by atoms with Gasteiger partial charge in [-0.3, -0.25) is 14.7 Å². The van der Waals surface area contributed by atoms with Crippen LogP contribution in [0.1, 0.15) is 32.1 Å². The number of nitrogens with one attached hydrogen (secondary N) is 1. The Balaban J connectivity index is 2.13. The number of hydrogen-bond acceptors (Lipinski definition) is 5. The number of ether oxygens (including phenoxy) is 1. The number of hydrogen-bond donors (Lipinski definition) is 1. The van der Waals surface area contributed by atoms with E-state index in [1.165, 1.54) is 7.11 Å². The fourth-order valence-electron chi connectivity index (χ4n) is 4.13. The molecule has 22 heavy (non-hydrogen) atoms. The molecule has 126 valence electrons. The number of aliphatic imine (C=N–C) groups is 1. The van der Waals surface area contributed by atoms with E-state index in [1.54, 1.807) is 7.05 Å². The van der Waals surface area contributed by atoms with Crippen LogP contribution >= 0.6 is 0 Å². The van der Waals surface area contributed by atoms with Crippen molar-refractivity contribution < 1.29 is 13.9 Å². The summed E-state index contributed by atoms with van der Waals surface area (Å²) in [5, 5.41) is 3.26. The van der Waals surface area contributed by atoms with Gasteiger partial charge in [0.1, 0.15) is 6.17 Å². The van der Waals surface area contributed by atoms with Crippen molar-refractivity contribution in [1.29, 1.82) is 0 Å². The van der Waals surface area contributed by atoms with Gasteiger partial charge in [-0.25, -0.2) is 4.39 Å². The minimum absolute atomic E-state index is 0.0504. The fourth-order valence-corrected chi connectivity index (χ4v) is 4.13. The highest BCUT2D eigenvalue weighted by molar-refractivity contribution is 5.89. The molecule has 1 heterocycles. The zero-order chi connectivity index (χ0) is 16.3. The van der Waals surface area contributed by atoms with Crippen LogP contribution < -0.4 is 5.32 Å². The summed E-state index contributed by atoms with van der Waals surface area (Å²) in [4.78, 5) is 18.3. The minimum Gasteiger partial charge on any atom is -0.469 e. The Bertz CT molecular complexity index is 430. The molecule has 1 saturated carbocycles. The highest BCUT2D eigenvalue weighted by Crippen LogP contribution is 2.38. The Morgan fingerprint density at radius 1 is 1.41 bits per heavy atom. The van der Waals surface area contributed by atoms with E-state index in [4.69, 9.17) is 4.74 Å². The van der Waals surface area contributed by atoms with Gasteiger partial charge in [0, 0.05) is 24.7 Å². The smallest absolute Gasteiger partial charge is 0.308 e. The number of carbonyl (C=O) groups excluding carboxylic acids is 1. The molecule has 5 nitrogen and oxygen atoms in total. The third-order valence-electron chi connectivity index (χ3n) is 5.34. The number of piperidine rings is 1. The van der Waals surface area contributed by atoms with Crippen molar-refractivity contribution in [3.63, 3.8) is 0 Å². The van der Waals surface area contributed by atoms with Crippen molar-refractivity contribution in [2.24, 2.45) is 16.8 Å². The summed E-state index contributed by atoms with van der Waals surface area (Å²) in [7, 11) is 7.14. The largest absolute Gasteiger partial charge is 0.469 e. The van der Waals surface area contributed by atoms with Crippen LogP contribution in [0.2, 0.25) is 0 Å². The van der Waals surface area contributed by atoms with Crippen LogP contribution in [0.25, 0.3) is 0 Å². The van der Waals surface area contributed by atoms with Gasteiger partial charge in [0.05, 0.1) is 19.2 Å². The molecule has 0 aromatic rings. The van der Waals surface area contributed by atoms with E-state index >= 15 is 0 Å². The second-order valence-electron chi connectivity index (χ2n) is 6.39. The highest BCUT2D eigenvalue weighted by atomic mass is 19.1. The Morgan fingerprint density at radius 3 is 2.73 bits per heavy atom. The standard InChI is InChI=1S/C16H28FN3O2/c1-18-13-7-8-14(20(3)15(13)19-2)11-9-10(16(21)22-4)5-6-12(11)17/h10-12,14-15,19H,5-9H2,1-4H3. The van der Waals surface area contributed by atoms with Crippen molar-refractivity contribution in [2.75, 3.05) is 28.3 Å². The topological polar surface area (TPSA) is 53.9 Å². The van der Waals surface area contributed by atoms with E-state index in [1.807, 2.05) is 14.1 Å². The Hall–Kier alpha value is -1.01. The summed E-state index contributed by atoms with van der Waals surface area (Å²) < 4.78 is 19.4. The molecular weight excluding hydrogens is 285 g/mol. The van der Waals surface area contributed by atoms with Crippen molar-refractivity contribution in [3.8, 4) is 0 Å². The predicted molar refractivity (Wildman–Crippen MR) is 84.7 cm³/mol. The molecule has 1 N–H and O–H groups in total. The van der Waals surface area contributed by atoms with Gasteiger partial charge < -0.3 is 10.1 Å². The van der Waals surface area contributed by atoms with E-state index in [0.29, 0.717) is 19.3 Å². The number of rotatable bonds is 3. The molecule has 0 aromatic heterocycles. The molecule has 0 aromatic carbocycles. The minimum atomic E-state index is -0.842. The molecule has 1 aliphatic heterocycles. The zero-order valence-corrected chi connectivity index (χ0v) is 14.0. The molecule has 2 rings (SSSR count). The van der Waals surface area contributed by atoms with E-state index in [0.717, 1.165) is 18.6 Å². The zero-order valence-electron chi connectivity index (χ0n) is 14.0. The lowest BCUT2D eigenvalue weighted by Crippen LogP contribution is -2.59. The lowest BCUT2D eigenvalue weighted by molar-refractivity contribution is -0.148.